The van der Waals surface area contributed by atoms with E-state index in [0.717, 1.165) is 0 Å². The number of carbonyl (C=O) groups is 1. The number of nitrogens with one attached hydrogen (secondary N) is 2. The van der Waals surface area contributed by atoms with E-state index in [1.54, 1.807) is 11.4 Å². The molecule has 0 aliphatic heterocycles. The van der Waals surface area contributed by atoms with E-state index in [1.807, 2.05) is 6.92 Å². The number of aromatic nitrogens is 1. The minimum Gasteiger partial charge on any atom is -0.385 e. The van der Waals surface area contributed by atoms with Crippen LogP contribution < -0.4 is 10.6 Å². The highest BCUT2D eigenvalue weighted by atomic mass is 19.4. The smallest absolute Gasteiger partial charge is 0.385 e. The first-order chi connectivity index (χ1) is 7.92. The Balaban J connectivity index is 2.65. The predicted octanol–water partition coefficient (Wildman–Crippen LogP) is 1.81. The van der Waals surface area contributed by atoms with Gasteiger partial charge in [0.1, 0.15) is 12.2 Å². The fraction of sp³-hybridized carbons (Fsp3) is 0.400. The molecule has 17 heavy (non-hydrogen) atoms. The summed E-state index contributed by atoms with van der Waals surface area (Å²) < 4.78 is 35.7. The number of hydrogen-bond acceptors (Lipinski definition) is 3. The van der Waals surface area contributed by atoms with Gasteiger partial charge in [0.2, 0.25) is 0 Å². The molecule has 0 aliphatic carbocycles. The van der Waals surface area contributed by atoms with Gasteiger partial charge in [0.25, 0.3) is 5.91 Å². The Morgan fingerprint density at radius 3 is 2.76 bits per heavy atom. The topological polar surface area (TPSA) is 54.0 Å². The van der Waals surface area contributed by atoms with Crippen LogP contribution >= 0.6 is 0 Å². The van der Waals surface area contributed by atoms with Crippen LogP contribution in [0.25, 0.3) is 0 Å². The third kappa shape index (κ3) is 4.71. The van der Waals surface area contributed by atoms with E-state index < -0.39 is 18.6 Å². The molecule has 0 spiro atoms. The number of pyridine rings is 1. The molecule has 0 bridgehead atoms. The molecular weight excluding hydrogens is 235 g/mol. The zero-order chi connectivity index (χ0) is 12.9. The molecule has 0 fully saturated rings. The fourth-order valence-corrected chi connectivity index (χ4v) is 1.14. The molecule has 0 saturated carbocycles. The average Bonchev–Trinajstić information content (AvgIpc) is 2.26. The molecule has 0 aliphatic rings. The number of nitrogens with zero attached hydrogens (tertiary/aromatic N) is 1. The van der Waals surface area contributed by atoms with Crippen molar-refractivity contribution in [3.63, 3.8) is 0 Å². The van der Waals surface area contributed by atoms with Gasteiger partial charge < -0.3 is 10.6 Å². The second-order valence-corrected chi connectivity index (χ2v) is 3.26. The zero-order valence-electron chi connectivity index (χ0n) is 9.14. The van der Waals surface area contributed by atoms with Crippen LogP contribution in [-0.2, 0) is 0 Å². The Bertz CT molecular complexity index is 393. The predicted molar refractivity (Wildman–Crippen MR) is 56.8 cm³/mol. The number of alkyl halides is 3. The standard InChI is InChI=1S/C10H12F3N3O/c1-2-14-7-3-4-15-8(5-7)9(17)16-6-10(11,12)13/h3-5H,2,6H2,1H3,(H,14,15)(H,16,17). The lowest BCUT2D eigenvalue weighted by molar-refractivity contribution is -0.123. The number of hydrogen-bond donors (Lipinski definition) is 2. The summed E-state index contributed by atoms with van der Waals surface area (Å²) in [4.78, 5) is 15.0. The highest BCUT2D eigenvalue weighted by Crippen LogP contribution is 2.13. The minimum atomic E-state index is -4.42. The Kier molecular flexibility index (Phi) is 4.30. The van der Waals surface area contributed by atoms with Gasteiger partial charge in [0.05, 0.1) is 0 Å². The molecular formula is C10H12F3N3O. The van der Waals surface area contributed by atoms with E-state index in [-0.39, 0.29) is 5.69 Å². The highest BCUT2D eigenvalue weighted by Gasteiger charge is 2.28. The fourth-order valence-electron chi connectivity index (χ4n) is 1.14. The monoisotopic (exact) mass is 247 g/mol. The van der Waals surface area contributed by atoms with Gasteiger partial charge >= 0.3 is 6.18 Å². The van der Waals surface area contributed by atoms with Gasteiger partial charge in [-0.05, 0) is 19.1 Å². The zero-order valence-corrected chi connectivity index (χ0v) is 9.14. The van der Waals surface area contributed by atoms with Crippen LogP contribution in [0.1, 0.15) is 17.4 Å². The summed E-state index contributed by atoms with van der Waals surface area (Å²) in [7, 11) is 0. The van der Waals surface area contributed by atoms with E-state index in [9.17, 15) is 18.0 Å². The third-order valence-electron chi connectivity index (χ3n) is 1.82. The summed E-state index contributed by atoms with van der Waals surface area (Å²) in [5.41, 5.74) is 0.590. The molecule has 1 amide bonds. The summed E-state index contributed by atoms with van der Waals surface area (Å²) in [6.07, 6.45) is -3.06. The quantitative estimate of drug-likeness (QED) is 0.853. The van der Waals surface area contributed by atoms with E-state index in [2.05, 4.69) is 10.3 Å². The van der Waals surface area contributed by atoms with Crippen molar-refractivity contribution in [3.05, 3.63) is 24.0 Å². The molecule has 0 radical (unpaired) electrons. The number of amides is 1. The lowest BCUT2D eigenvalue weighted by atomic mass is 10.3. The molecule has 2 N–H and O–H groups in total. The summed E-state index contributed by atoms with van der Waals surface area (Å²) >= 11 is 0. The SMILES string of the molecule is CCNc1ccnc(C(=O)NCC(F)(F)F)c1. The first kappa shape index (κ1) is 13.3. The lowest BCUT2D eigenvalue weighted by Gasteiger charge is -2.08. The summed E-state index contributed by atoms with van der Waals surface area (Å²) in [6.45, 7) is 1.15. The molecule has 7 heteroatoms. The molecule has 1 aromatic heterocycles. The Morgan fingerprint density at radius 1 is 1.47 bits per heavy atom. The van der Waals surface area contributed by atoms with Crippen molar-refractivity contribution in [2.75, 3.05) is 18.4 Å². The van der Waals surface area contributed by atoms with Crippen molar-refractivity contribution in [2.45, 2.75) is 13.1 Å². The molecule has 1 rings (SSSR count). The van der Waals surface area contributed by atoms with Gasteiger partial charge in [0, 0.05) is 18.4 Å². The maximum Gasteiger partial charge on any atom is 0.405 e. The Labute approximate surface area is 96.2 Å². The maximum absolute atomic E-state index is 11.9. The summed E-state index contributed by atoms with van der Waals surface area (Å²) in [5, 5.41) is 4.69. The summed E-state index contributed by atoms with van der Waals surface area (Å²) in [6, 6.07) is 3.03. The van der Waals surface area contributed by atoms with Gasteiger partial charge in [-0.1, -0.05) is 0 Å². The van der Waals surface area contributed by atoms with Gasteiger partial charge in [-0.3, -0.25) is 9.78 Å². The van der Waals surface area contributed by atoms with E-state index >= 15 is 0 Å². The molecule has 4 nitrogen and oxygen atoms in total. The van der Waals surface area contributed by atoms with Crippen LogP contribution in [0.5, 0.6) is 0 Å². The molecule has 0 unspecified atom stereocenters. The highest BCUT2D eigenvalue weighted by molar-refractivity contribution is 5.93. The van der Waals surface area contributed by atoms with Crippen molar-refractivity contribution in [3.8, 4) is 0 Å². The molecule has 1 aromatic rings. The van der Waals surface area contributed by atoms with Crippen LogP contribution in [0.2, 0.25) is 0 Å². The van der Waals surface area contributed by atoms with E-state index in [1.165, 1.54) is 12.3 Å². The van der Waals surface area contributed by atoms with E-state index in [4.69, 9.17) is 0 Å². The molecule has 0 saturated heterocycles. The second-order valence-electron chi connectivity index (χ2n) is 3.26. The molecule has 94 valence electrons. The lowest BCUT2D eigenvalue weighted by Crippen LogP contribution is -2.34. The van der Waals surface area contributed by atoms with Crippen molar-refractivity contribution in [2.24, 2.45) is 0 Å². The van der Waals surface area contributed by atoms with E-state index in [0.29, 0.717) is 12.2 Å². The number of rotatable bonds is 4. The Hall–Kier alpha value is -1.79. The number of halogens is 3. The normalized spacial score (nSPS) is 11.1. The third-order valence-corrected chi connectivity index (χ3v) is 1.82. The van der Waals surface area contributed by atoms with Gasteiger partial charge in [-0.25, -0.2) is 0 Å². The first-order valence-electron chi connectivity index (χ1n) is 4.97. The number of anilines is 1. The first-order valence-corrected chi connectivity index (χ1v) is 4.97. The van der Waals surface area contributed by atoms with Crippen LogP contribution in [0.15, 0.2) is 18.3 Å². The largest absolute Gasteiger partial charge is 0.405 e. The number of carbonyl (C=O) groups excluding carboxylic acids is 1. The molecule has 1 heterocycles. The van der Waals surface area contributed by atoms with Gasteiger partial charge in [0.15, 0.2) is 0 Å². The second kappa shape index (κ2) is 5.51. The van der Waals surface area contributed by atoms with Gasteiger partial charge in [-0.15, -0.1) is 0 Å². The summed E-state index contributed by atoms with van der Waals surface area (Å²) in [5.74, 6) is -0.845. The average molecular weight is 247 g/mol. The maximum atomic E-state index is 11.9. The van der Waals surface area contributed by atoms with Crippen LogP contribution in [-0.4, -0.2) is 30.2 Å². The van der Waals surface area contributed by atoms with Crippen LogP contribution in [0.3, 0.4) is 0 Å². The molecule has 0 aromatic carbocycles. The Morgan fingerprint density at radius 2 is 2.18 bits per heavy atom. The van der Waals surface area contributed by atoms with Crippen LogP contribution in [0, 0.1) is 0 Å². The van der Waals surface area contributed by atoms with Gasteiger partial charge in [-0.2, -0.15) is 13.2 Å². The minimum absolute atomic E-state index is 0.0484. The van der Waals surface area contributed by atoms with Crippen molar-refractivity contribution in [1.82, 2.24) is 10.3 Å². The van der Waals surface area contributed by atoms with Crippen molar-refractivity contribution >= 4 is 11.6 Å². The van der Waals surface area contributed by atoms with Crippen molar-refractivity contribution < 1.29 is 18.0 Å². The molecule has 0 atom stereocenters. The van der Waals surface area contributed by atoms with Crippen molar-refractivity contribution in [1.29, 1.82) is 0 Å². The van der Waals surface area contributed by atoms with Crippen LogP contribution in [0.4, 0.5) is 18.9 Å².